The molecule has 3 aliphatic rings. The summed E-state index contributed by atoms with van der Waals surface area (Å²) in [5.74, 6) is 2.64. The number of amides is 1. The zero-order valence-electron chi connectivity index (χ0n) is 24.7. The van der Waals surface area contributed by atoms with Gasteiger partial charge in [-0.3, -0.25) is 14.1 Å². The Morgan fingerprint density at radius 2 is 1.95 bits per heavy atom. The maximum absolute atomic E-state index is 12.7. The molecule has 1 aliphatic carbocycles. The number of hydrogen-bond donors (Lipinski definition) is 2. The van der Waals surface area contributed by atoms with Crippen LogP contribution in [-0.4, -0.2) is 47.1 Å². The number of nitrogens with zero attached hydrogens (tertiary/aromatic N) is 2. The van der Waals surface area contributed by atoms with E-state index in [1.54, 1.807) is 0 Å². The van der Waals surface area contributed by atoms with Crippen LogP contribution in [0.5, 0.6) is 0 Å². The molecule has 2 heterocycles. The molecular weight excluding hydrogens is 545 g/mol. The van der Waals surface area contributed by atoms with Crippen LogP contribution in [0.1, 0.15) is 94.2 Å². The Bertz CT molecular complexity index is 1060. The van der Waals surface area contributed by atoms with Gasteiger partial charge in [-0.15, -0.1) is 0 Å². The number of amidine groups is 1. The SMILES string of the molecule is CCCC/C=C1/NC(C2CCC(CCC(F)(F)F)CC2)=NC12CCN(SCCc1ccc(CNC=O)cc1C)CC2. The molecule has 1 saturated heterocycles. The van der Waals surface area contributed by atoms with Gasteiger partial charge in [0.1, 0.15) is 11.4 Å². The number of rotatable bonds is 13. The summed E-state index contributed by atoms with van der Waals surface area (Å²) in [7, 11) is 0. The average Bonchev–Trinajstić information content (AvgIpc) is 3.30. The number of nitrogens with one attached hydrogen (secondary N) is 2. The maximum Gasteiger partial charge on any atom is 0.389 e. The molecule has 4 rings (SSSR count). The van der Waals surface area contributed by atoms with Gasteiger partial charge in [-0.2, -0.15) is 13.2 Å². The van der Waals surface area contributed by atoms with Crippen LogP contribution in [0.15, 0.2) is 35.0 Å². The van der Waals surface area contributed by atoms with Gasteiger partial charge in [0.2, 0.25) is 6.41 Å². The Kier molecular flexibility index (Phi) is 11.6. The van der Waals surface area contributed by atoms with Gasteiger partial charge in [0.15, 0.2) is 0 Å². The molecule has 1 aromatic carbocycles. The van der Waals surface area contributed by atoms with Gasteiger partial charge in [-0.25, -0.2) is 0 Å². The fourth-order valence-electron chi connectivity index (χ4n) is 6.51. The zero-order valence-corrected chi connectivity index (χ0v) is 25.5. The summed E-state index contributed by atoms with van der Waals surface area (Å²) >= 11 is 1.93. The number of aliphatic imine (C=N–C) groups is 1. The lowest BCUT2D eigenvalue weighted by Crippen LogP contribution is -2.42. The van der Waals surface area contributed by atoms with E-state index in [1.165, 1.54) is 16.8 Å². The van der Waals surface area contributed by atoms with Crippen LogP contribution in [0.25, 0.3) is 0 Å². The Hall–Kier alpha value is -2.00. The van der Waals surface area contributed by atoms with E-state index in [9.17, 15) is 18.0 Å². The second kappa shape index (κ2) is 14.9. The number of hydrogen-bond acceptors (Lipinski definition) is 5. The van der Waals surface area contributed by atoms with Crippen molar-refractivity contribution in [2.24, 2.45) is 16.8 Å². The minimum absolute atomic E-state index is 0.171. The first-order valence-corrected chi connectivity index (χ1v) is 16.4. The highest BCUT2D eigenvalue weighted by Gasteiger charge is 2.44. The molecule has 5 nitrogen and oxygen atoms in total. The number of piperidine rings is 1. The van der Waals surface area contributed by atoms with Crippen molar-refractivity contribution in [1.29, 1.82) is 0 Å². The number of aryl methyl sites for hydroxylation is 2. The van der Waals surface area contributed by atoms with Crippen molar-refractivity contribution in [2.45, 2.75) is 109 Å². The van der Waals surface area contributed by atoms with Crippen LogP contribution in [0.2, 0.25) is 0 Å². The highest BCUT2D eigenvalue weighted by Crippen LogP contribution is 2.42. The van der Waals surface area contributed by atoms with Crippen molar-refractivity contribution in [3.8, 4) is 0 Å². The number of alkyl halides is 3. The van der Waals surface area contributed by atoms with Gasteiger partial charge in [0.05, 0.1) is 0 Å². The van der Waals surface area contributed by atoms with Crippen LogP contribution >= 0.6 is 11.9 Å². The Morgan fingerprint density at radius 1 is 1.20 bits per heavy atom. The minimum atomic E-state index is -4.05. The molecule has 228 valence electrons. The standard InChI is InChI=1S/C32H47F3N4OS/c1-3-4-5-6-29-31(38-30(37-29)28-11-7-25(8-12-28)13-15-32(33,34)35)16-18-39(19-17-31)41-20-14-27-10-9-26(21-24(27)2)22-36-23-40/h6,9-10,21,23,25,28H,3-5,7-8,11-20,22H2,1-2H3,(H,36,40)(H,37,38)/b29-6+. The van der Waals surface area contributed by atoms with Crippen LogP contribution in [-0.2, 0) is 17.8 Å². The number of carbonyl (C=O) groups excluding carboxylic acids is 1. The van der Waals surface area contributed by atoms with Crippen molar-refractivity contribution in [3.63, 3.8) is 0 Å². The third-order valence-electron chi connectivity index (χ3n) is 9.07. The first-order valence-electron chi connectivity index (χ1n) is 15.5. The molecule has 0 bridgehead atoms. The van der Waals surface area contributed by atoms with E-state index in [-0.39, 0.29) is 17.9 Å². The number of benzene rings is 1. The number of halogens is 3. The molecule has 2 fully saturated rings. The predicted octanol–water partition coefficient (Wildman–Crippen LogP) is 7.49. The van der Waals surface area contributed by atoms with Crippen molar-refractivity contribution in [1.82, 2.24) is 14.9 Å². The summed E-state index contributed by atoms with van der Waals surface area (Å²) < 4.78 is 40.6. The molecule has 0 aromatic heterocycles. The topological polar surface area (TPSA) is 56.7 Å². The zero-order chi connectivity index (χ0) is 29.3. The summed E-state index contributed by atoms with van der Waals surface area (Å²) in [5, 5.41) is 6.46. The Labute approximate surface area is 248 Å². The molecule has 9 heteroatoms. The summed E-state index contributed by atoms with van der Waals surface area (Å²) in [6, 6.07) is 6.43. The van der Waals surface area contributed by atoms with Crippen molar-refractivity contribution in [3.05, 3.63) is 46.7 Å². The van der Waals surface area contributed by atoms with Crippen LogP contribution in [0.3, 0.4) is 0 Å². The van der Waals surface area contributed by atoms with Gasteiger partial charge in [-0.1, -0.05) is 56.0 Å². The van der Waals surface area contributed by atoms with E-state index < -0.39 is 12.6 Å². The lowest BCUT2D eigenvalue weighted by atomic mass is 9.79. The number of carbonyl (C=O) groups is 1. The first-order chi connectivity index (χ1) is 19.7. The Morgan fingerprint density at radius 3 is 2.61 bits per heavy atom. The van der Waals surface area contributed by atoms with Gasteiger partial charge in [0, 0.05) is 43.4 Å². The second-order valence-electron chi connectivity index (χ2n) is 12.1. The molecule has 0 unspecified atom stereocenters. The fourth-order valence-corrected chi connectivity index (χ4v) is 7.52. The van der Waals surface area contributed by atoms with Crippen molar-refractivity contribution in [2.75, 3.05) is 18.8 Å². The third-order valence-corrected chi connectivity index (χ3v) is 10.2. The summed E-state index contributed by atoms with van der Waals surface area (Å²) in [6.45, 7) is 6.90. The van der Waals surface area contributed by atoms with Crippen LogP contribution < -0.4 is 10.6 Å². The van der Waals surface area contributed by atoms with E-state index in [2.05, 4.69) is 53.1 Å². The molecule has 1 saturated carbocycles. The number of allylic oxidation sites excluding steroid dienone is 1. The molecule has 0 radical (unpaired) electrons. The molecule has 1 amide bonds. The molecule has 1 aromatic rings. The Balaban J connectivity index is 1.30. The maximum atomic E-state index is 12.7. The third kappa shape index (κ3) is 9.24. The average molecular weight is 593 g/mol. The predicted molar refractivity (Wildman–Crippen MR) is 163 cm³/mol. The summed E-state index contributed by atoms with van der Waals surface area (Å²) in [6.07, 6.45) is 8.63. The first kappa shape index (κ1) is 31.9. The minimum Gasteiger partial charge on any atom is -0.355 e. The highest BCUT2D eigenvalue weighted by atomic mass is 32.2. The van der Waals surface area contributed by atoms with Gasteiger partial charge >= 0.3 is 6.18 Å². The molecule has 2 aliphatic heterocycles. The van der Waals surface area contributed by atoms with Crippen molar-refractivity contribution < 1.29 is 18.0 Å². The summed E-state index contributed by atoms with van der Waals surface area (Å²) in [5.41, 5.74) is 4.84. The number of unbranched alkanes of at least 4 members (excludes halogenated alkanes) is 2. The van der Waals surface area contributed by atoms with Crippen LogP contribution in [0, 0.1) is 18.8 Å². The van der Waals surface area contributed by atoms with E-state index in [0.29, 0.717) is 12.5 Å². The monoisotopic (exact) mass is 592 g/mol. The molecule has 41 heavy (non-hydrogen) atoms. The largest absolute Gasteiger partial charge is 0.389 e. The van der Waals surface area contributed by atoms with E-state index >= 15 is 0 Å². The van der Waals surface area contributed by atoms with E-state index in [1.807, 2.05) is 11.9 Å². The molecular formula is C32H47F3N4OS. The molecule has 0 atom stereocenters. The smallest absolute Gasteiger partial charge is 0.355 e. The normalized spacial score (nSPS) is 23.9. The fraction of sp³-hybridized carbons (Fsp3) is 0.688. The highest BCUT2D eigenvalue weighted by molar-refractivity contribution is 7.97. The molecule has 1 spiro atoms. The van der Waals surface area contributed by atoms with Gasteiger partial charge in [0.25, 0.3) is 0 Å². The quantitative estimate of drug-likeness (QED) is 0.142. The lowest BCUT2D eigenvalue weighted by Gasteiger charge is -2.37. The lowest BCUT2D eigenvalue weighted by molar-refractivity contribution is -0.138. The van der Waals surface area contributed by atoms with E-state index in [4.69, 9.17) is 4.99 Å². The van der Waals surface area contributed by atoms with Crippen molar-refractivity contribution >= 4 is 24.2 Å². The van der Waals surface area contributed by atoms with Gasteiger partial charge < -0.3 is 10.6 Å². The second-order valence-corrected chi connectivity index (χ2v) is 13.2. The van der Waals surface area contributed by atoms with Gasteiger partial charge in [-0.05, 0) is 87.3 Å². The summed E-state index contributed by atoms with van der Waals surface area (Å²) in [4.78, 5) is 15.9. The van der Waals surface area contributed by atoms with E-state index in [0.717, 1.165) is 101 Å². The molecule has 2 N–H and O–H groups in total. The van der Waals surface area contributed by atoms with Crippen LogP contribution in [0.4, 0.5) is 13.2 Å².